The van der Waals surface area contributed by atoms with Crippen molar-refractivity contribution in [2.75, 3.05) is 51.7 Å². The fourth-order valence-corrected chi connectivity index (χ4v) is 5.02. The molecule has 0 aliphatic carbocycles. The monoisotopic (exact) mass is 409 g/mol. The normalized spacial score (nSPS) is 15.5. The van der Waals surface area contributed by atoms with Crippen LogP contribution >= 0.6 is 11.3 Å². The van der Waals surface area contributed by atoms with Crippen LogP contribution in [0.5, 0.6) is 0 Å². The molecule has 1 fully saturated rings. The van der Waals surface area contributed by atoms with Crippen LogP contribution < -0.4 is 10.2 Å². The molecular formula is C23H31N5S. The summed E-state index contributed by atoms with van der Waals surface area (Å²) in [5.41, 5.74) is 2.50. The van der Waals surface area contributed by atoms with Crippen molar-refractivity contribution in [2.45, 2.75) is 19.3 Å². The molecule has 0 unspecified atom stereocenters. The third kappa shape index (κ3) is 4.94. The molecule has 0 radical (unpaired) electrons. The summed E-state index contributed by atoms with van der Waals surface area (Å²) in [5, 5.41) is 7.09. The summed E-state index contributed by atoms with van der Waals surface area (Å²) in [6.45, 7) is 5.54. The summed E-state index contributed by atoms with van der Waals surface area (Å²) in [5.74, 6) is 1.87. The molecule has 0 saturated carbocycles. The van der Waals surface area contributed by atoms with Gasteiger partial charge in [-0.2, -0.15) is 0 Å². The lowest BCUT2D eigenvalue weighted by molar-refractivity contribution is 0.363. The van der Waals surface area contributed by atoms with Crippen molar-refractivity contribution in [2.24, 2.45) is 5.92 Å². The van der Waals surface area contributed by atoms with E-state index in [1.54, 1.807) is 17.7 Å². The van der Waals surface area contributed by atoms with Gasteiger partial charge in [-0.1, -0.05) is 30.3 Å². The van der Waals surface area contributed by atoms with Crippen LogP contribution in [0.1, 0.15) is 19.3 Å². The topological polar surface area (TPSA) is 44.3 Å². The molecule has 1 aliphatic rings. The molecule has 0 amide bonds. The Labute approximate surface area is 177 Å². The molecule has 1 N–H and O–H groups in total. The quantitative estimate of drug-likeness (QED) is 0.567. The zero-order valence-electron chi connectivity index (χ0n) is 17.5. The minimum Gasteiger partial charge on any atom is -0.356 e. The van der Waals surface area contributed by atoms with Gasteiger partial charge in [-0.05, 0) is 64.5 Å². The molecule has 2 aromatic heterocycles. The van der Waals surface area contributed by atoms with E-state index >= 15 is 0 Å². The third-order valence-corrected chi connectivity index (χ3v) is 6.63. The molecule has 154 valence electrons. The van der Waals surface area contributed by atoms with E-state index in [0.29, 0.717) is 0 Å². The van der Waals surface area contributed by atoms with Crippen molar-refractivity contribution < 1.29 is 0 Å². The first-order valence-corrected chi connectivity index (χ1v) is 11.5. The van der Waals surface area contributed by atoms with Crippen LogP contribution in [0.2, 0.25) is 0 Å². The van der Waals surface area contributed by atoms with Gasteiger partial charge in [-0.25, -0.2) is 9.97 Å². The molecule has 5 nitrogen and oxygen atoms in total. The van der Waals surface area contributed by atoms with Crippen molar-refractivity contribution in [3.05, 3.63) is 42.0 Å². The molecule has 0 atom stereocenters. The summed E-state index contributed by atoms with van der Waals surface area (Å²) < 4.78 is 0. The van der Waals surface area contributed by atoms with Gasteiger partial charge in [-0.15, -0.1) is 11.3 Å². The molecular weight excluding hydrogens is 378 g/mol. The van der Waals surface area contributed by atoms with Crippen LogP contribution in [0.4, 0.5) is 5.82 Å². The fraction of sp³-hybridized carbons (Fsp3) is 0.478. The molecule has 6 heteroatoms. The third-order valence-electron chi connectivity index (χ3n) is 5.74. The molecule has 1 aliphatic heterocycles. The van der Waals surface area contributed by atoms with Gasteiger partial charge in [-0.3, -0.25) is 0 Å². The Bertz CT molecular complexity index is 900. The zero-order valence-corrected chi connectivity index (χ0v) is 18.3. The molecule has 0 bridgehead atoms. The van der Waals surface area contributed by atoms with Crippen LogP contribution in [0.3, 0.4) is 0 Å². The summed E-state index contributed by atoms with van der Waals surface area (Å²) in [4.78, 5) is 15.0. The number of aromatic nitrogens is 2. The van der Waals surface area contributed by atoms with E-state index in [0.717, 1.165) is 49.3 Å². The van der Waals surface area contributed by atoms with Crippen molar-refractivity contribution in [1.29, 1.82) is 0 Å². The van der Waals surface area contributed by atoms with E-state index in [1.165, 1.54) is 35.8 Å². The maximum Gasteiger partial charge on any atom is 0.141 e. The Balaban J connectivity index is 1.41. The fourth-order valence-electron chi connectivity index (χ4n) is 4.10. The molecule has 0 spiro atoms. The van der Waals surface area contributed by atoms with Crippen molar-refractivity contribution in [3.8, 4) is 11.1 Å². The van der Waals surface area contributed by atoms with E-state index in [2.05, 4.69) is 69.9 Å². The Kier molecular flexibility index (Phi) is 6.74. The Morgan fingerprint density at radius 1 is 1.14 bits per heavy atom. The minimum absolute atomic E-state index is 0.763. The SMILES string of the molecule is CN(C)CCCNCC1CCN(c2ncnc3scc(-c4ccccc4)c23)CC1. The van der Waals surface area contributed by atoms with Gasteiger partial charge >= 0.3 is 0 Å². The molecule has 1 aromatic carbocycles. The molecule has 3 aromatic rings. The standard InChI is InChI=1S/C23H31N5S/c1-27(2)12-6-11-24-15-18-9-13-28(14-10-18)22-21-20(19-7-4-3-5-8-19)16-29-23(21)26-17-25-22/h3-5,7-8,16-18,24H,6,9-15H2,1-2H3. The number of anilines is 1. The summed E-state index contributed by atoms with van der Waals surface area (Å²) in [7, 11) is 4.27. The molecule has 4 rings (SSSR count). The maximum absolute atomic E-state index is 4.72. The maximum atomic E-state index is 4.72. The highest BCUT2D eigenvalue weighted by Crippen LogP contribution is 2.38. The number of thiophene rings is 1. The molecule has 29 heavy (non-hydrogen) atoms. The number of hydrogen-bond acceptors (Lipinski definition) is 6. The van der Waals surface area contributed by atoms with E-state index in [4.69, 9.17) is 4.98 Å². The van der Waals surface area contributed by atoms with Crippen molar-refractivity contribution >= 4 is 27.4 Å². The summed E-state index contributed by atoms with van der Waals surface area (Å²) >= 11 is 1.71. The van der Waals surface area contributed by atoms with Crippen LogP contribution in [0, 0.1) is 5.92 Å². The van der Waals surface area contributed by atoms with Gasteiger partial charge < -0.3 is 15.1 Å². The molecule has 3 heterocycles. The van der Waals surface area contributed by atoms with Crippen molar-refractivity contribution in [1.82, 2.24) is 20.2 Å². The number of piperidine rings is 1. The predicted octanol–water partition coefficient (Wildman–Crippen LogP) is 4.12. The number of hydrogen-bond donors (Lipinski definition) is 1. The van der Waals surface area contributed by atoms with Crippen LogP contribution in [-0.2, 0) is 0 Å². The molecule has 1 saturated heterocycles. The first kappa shape index (κ1) is 20.3. The smallest absolute Gasteiger partial charge is 0.141 e. The second-order valence-electron chi connectivity index (χ2n) is 8.18. The van der Waals surface area contributed by atoms with Gasteiger partial charge in [0.2, 0.25) is 0 Å². The number of rotatable bonds is 8. The summed E-state index contributed by atoms with van der Waals surface area (Å²) in [6.07, 6.45) is 5.38. The van der Waals surface area contributed by atoms with E-state index in [1.807, 2.05) is 0 Å². The number of nitrogens with one attached hydrogen (secondary N) is 1. The first-order valence-electron chi connectivity index (χ1n) is 10.6. The average Bonchev–Trinajstić information content (AvgIpc) is 3.19. The van der Waals surface area contributed by atoms with Crippen LogP contribution in [-0.4, -0.2) is 61.7 Å². The van der Waals surface area contributed by atoms with Crippen molar-refractivity contribution in [3.63, 3.8) is 0 Å². The van der Waals surface area contributed by atoms with Gasteiger partial charge in [0.1, 0.15) is 17.0 Å². The van der Waals surface area contributed by atoms with Gasteiger partial charge in [0.15, 0.2) is 0 Å². The lowest BCUT2D eigenvalue weighted by atomic mass is 9.96. The van der Waals surface area contributed by atoms with Crippen LogP contribution in [0.25, 0.3) is 21.3 Å². The van der Waals surface area contributed by atoms with Gasteiger partial charge in [0.25, 0.3) is 0 Å². The first-order chi connectivity index (χ1) is 14.2. The average molecular weight is 410 g/mol. The van der Waals surface area contributed by atoms with E-state index < -0.39 is 0 Å². The number of benzene rings is 1. The van der Waals surface area contributed by atoms with Gasteiger partial charge in [0.05, 0.1) is 5.39 Å². The lowest BCUT2D eigenvalue weighted by Gasteiger charge is -2.33. The highest BCUT2D eigenvalue weighted by molar-refractivity contribution is 7.17. The minimum atomic E-state index is 0.763. The predicted molar refractivity (Wildman–Crippen MR) is 124 cm³/mol. The second kappa shape index (κ2) is 9.65. The van der Waals surface area contributed by atoms with Crippen LogP contribution in [0.15, 0.2) is 42.0 Å². The summed E-state index contributed by atoms with van der Waals surface area (Å²) in [6, 6.07) is 10.6. The second-order valence-corrected chi connectivity index (χ2v) is 9.04. The number of fused-ring (bicyclic) bond motifs is 1. The Morgan fingerprint density at radius 3 is 2.69 bits per heavy atom. The Morgan fingerprint density at radius 2 is 1.93 bits per heavy atom. The largest absolute Gasteiger partial charge is 0.356 e. The highest BCUT2D eigenvalue weighted by Gasteiger charge is 2.23. The number of nitrogens with zero attached hydrogens (tertiary/aromatic N) is 4. The zero-order chi connectivity index (χ0) is 20.1. The van der Waals surface area contributed by atoms with E-state index in [9.17, 15) is 0 Å². The van der Waals surface area contributed by atoms with Gasteiger partial charge in [0, 0.05) is 24.0 Å². The van der Waals surface area contributed by atoms with E-state index in [-0.39, 0.29) is 0 Å². The highest BCUT2D eigenvalue weighted by atomic mass is 32.1. The Hall–Kier alpha value is -2.02. The lowest BCUT2D eigenvalue weighted by Crippen LogP contribution is -2.38.